The first-order chi connectivity index (χ1) is 5.83. The Labute approximate surface area is 69.5 Å². The van der Waals surface area contributed by atoms with Gasteiger partial charge in [0, 0.05) is 7.05 Å². The third-order valence-electron chi connectivity index (χ3n) is 1.74. The molecule has 1 N–H and O–H groups in total. The predicted molar refractivity (Wildman–Crippen MR) is 45.1 cm³/mol. The Hall–Kier alpha value is -1.65. The SMILES string of the molecule is CNc1ncnn2c(C)ncc12. The predicted octanol–water partition coefficient (Wildman–Crippen LogP) is 0.474. The normalized spacial score (nSPS) is 10.5. The lowest BCUT2D eigenvalue weighted by Crippen LogP contribution is -2.00. The zero-order chi connectivity index (χ0) is 8.55. The van der Waals surface area contributed by atoms with Crippen molar-refractivity contribution in [3.8, 4) is 0 Å². The van der Waals surface area contributed by atoms with Crippen molar-refractivity contribution in [1.29, 1.82) is 0 Å². The molecule has 0 aliphatic carbocycles. The molecule has 0 saturated heterocycles. The largest absolute Gasteiger partial charge is 0.371 e. The fraction of sp³-hybridized carbons (Fsp3) is 0.286. The minimum atomic E-state index is 0.797. The highest BCUT2D eigenvalue weighted by Gasteiger charge is 2.03. The van der Waals surface area contributed by atoms with E-state index in [4.69, 9.17) is 0 Å². The van der Waals surface area contributed by atoms with Gasteiger partial charge in [-0.05, 0) is 6.92 Å². The topological polar surface area (TPSA) is 55.1 Å². The number of fused-ring (bicyclic) bond motifs is 1. The molecule has 2 aromatic rings. The van der Waals surface area contributed by atoms with Gasteiger partial charge in [-0.25, -0.2) is 14.5 Å². The Morgan fingerprint density at radius 1 is 1.42 bits per heavy atom. The Balaban J connectivity index is 2.81. The van der Waals surface area contributed by atoms with Gasteiger partial charge in [0.25, 0.3) is 0 Å². The quantitative estimate of drug-likeness (QED) is 0.664. The Kier molecular flexibility index (Phi) is 1.43. The van der Waals surface area contributed by atoms with Crippen LogP contribution in [0.4, 0.5) is 5.82 Å². The van der Waals surface area contributed by atoms with Gasteiger partial charge in [0.05, 0.1) is 6.20 Å². The molecule has 0 fully saturated rings. The lowest BCUT2D eigenvalue weighted by atomic mass is 10.5. The van der Waals surface area contributed by atoms with E-state index in [1.165, 1.54) is 6.33 Å². The maximum atomic E-state index is 4.12. The van der Waals surface area contributed by atoms with E-state index in [1.807, 2.05) is 14.0 Å². The van der Waals surface area contributed by atoms with Crippen LogP contribution in [0.15, 0.2) is 12.5 Å². The minimum absolute atomic E-state index is 0.797. The molecule has 2 aromatic heterocycles. The van der Waals surface area contributed by atoms with Crippen molar-refractivity contribution in [1.82, 2.24) is 19.6 Å². The van der Waals surface area contributed by atoms with E-state index in [0.717, 1.165) is 17.2 Å². The molecule has 2 heterocycles. The van der Waals surface area contributed by atoms with Crippen LogP contribution in [0.2, 0.25) is 0 Å². The number of aryl methyl sites for hydroxylation is 1. The smallest absolute Gasteiger partial charge is 0.155 e. The molecular formula is C7H9N5. The monoisotopic (exact) mass is 163 g/mol. The summed E-state index contributed by atoms with van der Waals surface area (Å²) in [7, 11) is 1.82. The van der Waals surface area contributed by atoms with E-state index in [0.29, 0.717) is 0 Å². The molecule has 0 radical (unpaired) electrons. The first kappa shape index (κ1) is 7.02. The van der Waals surface area contributed by atoms with Crippen LogP contribution >= 0.6 is 0 Å². The number of rotatable bonds is 1. The number of imidazole rings is 1. The third-order valence-corrected chi connectivity index (χ3v) is 1.74. The van der Waals surface area contributed by atoms with Crippen molar-refractivity contribution in [3.05, 3.63) is 18.3 Å². The summed E-state index contributed by atoms with van der Waals surface area (Å²) in [6.45, 7) is 1.90. The van der Waals surface area contributed by atoms with Crippen LogP contribution < -0.4 is 5.32 Å². The van der Waals surface area contributed by atoms with E-state index >= 15 is 0 Å². The summed E-state index contributed by atoms with van der Waals surface area (Å²) >= 11 is 0. The van der Waals surface area contributed by atoms with Crippen molar-refractivity contribution in [2.45, 2.75) is 6.92 Å². The molecule has 2 rings (SSSR count). The van der Waals surface area contributed by atoms with Gasteiger partial charge in [-0.15, -0.1) is 0 Å². The van der Waals surface area contributed by atoms with Gasteiger partial charge in [-0.1, -0.05) is 0 Å². The molecule has 0 saturated carbocycles. The van der Waals surface area contributed by atoms with Gasteiger partial charge in [0.2, 0.25) is 0 Å². The Morgan fingerprint density at radius 3 is 3.00 bits per heavy atom. The number of aromatic nitrogens is 4. The van der Waals surface area contributed by atoms with Gasteiger partial charge in [0.1, 0.15) is 17.7 Å². The van der Waals surface area contributed by atoms with Crippen LogP contribution in [0.1, 0.15) is 5.82 Å². The zero-order valence-electron chi connectivity index (χ0n) is 6.94. The highest BCUT2D eigenvalue weighted by molar-refractivity contribution is 5.65. The van der Waals surface area contributed by atoms with Crippen LogP contribution in [-0.4, -0.2) is 26.6 Å². The van der Waals surface area contributed by atoms with Gasteiger partial charge in [-0.2, -0.15) is 5.10 Å². The number of hydrogen-bond donors (Lipinski definition) is 1. The third kappa shape index (κ3) is 0.827. The van der Waals surface area contributed by atoms with E-state index in [9.17, 15) is 0 Å². The molecule has 12 heavy (non-hydrogen) atoms. The first-order valence-electron chi connectivity index (χ1n) is 3.66. The number of anilines is 1. The molecule has 0 aliphatic rings. The molecule has 0 unspecified atom stereocenters. The summed E-state index contributed by atoms with van der Waals surface area (Å²) in [5.41, 5.74) is 0.900. The van der Waals surface area contributed by atoms with Gasteiger partial charge in [0.15, 0.2) is 5.82 Å². The fourth-order valence-electron chi connectivity index (χ4n) is 1.14. The Bertz CT molecular complexity index is 405. The molecule has 0 amide bonds. The second-order valence-corrected chi connectivity index (χ2v) is 2.46. The molecule has 62 valence electrons. The molecule has 5 heteroatoms. The summed E-state index contributed by atoms with van der Waals surface area (Å²) < 4.78 is 1.75. The average Bonchev–Trinajstić information content (AvgIpc) is 2.48. The van der Waals surface area contributed by atoms with Crippen molar-refractivity contribution >= 4 is 11.3 Å². The van der Waals surface area contributed by atoms with Crippen molar-refractivity contribution in [2.24, 2.45) is 0 Å². The van der Waals surface area contributed by atoms with Crippen LogP contribution in [-0.2, 0) is 0 Å². The number of nitrogens with zero attached hydrogens (tertiary/aromatic N) is 4. The summed E-state index contributed by atoms with van der Waals surface area (Å²) in [6.07, 6.45) is 3.26. The zero-order valence-corrected chi connectivity index (χ0v) is 6.94. The summed E-state index contributed by atoms with van der Waals surface area (Å²) in [5, 5.41) is 7.02. The second-order valence-electron chi connectivity index (χ2n) is 2.46. The molecular weight excluding hydrogens is 154 g/mol. The Morgan fingerprint density at radius 2 is 2.25 bits per heavy atom. The molecule has 0 atom stereocenters. The van der Waals surface area contributed by atoms with Crippen LogP contribution in [0.5, 0.6) is 0 Å². The standard InChI is InChI=1S/C7H9N5/c1-5-9-3-6-7(8-2)10-4-11-12(5)6/h3-4H,1-2H3,(H,8,10,11). The van der Waals surface area contributed by atoms with Crippen LogP contribution in [0.25, 0.3) is 5.52 Å². The summed E-state index contributed by atoms with van der Waals surface area (Å²) in [5.74, 6) is 1.66. The van der Waals surface area contributed by atoms with Crippen LogP contribution in [0, 0.1) is 6.92 Å². The molecule has 0 aliphatic heterocycles. The molecule has 0 aromatic carbocycles. The van der Waals surface area contributed by atoms with Gasteiger partial charge < -0.3 is 5.32 Å². The highest BCUT2D eigenvalue weighted by atomic mass is 15.3. The molecule has 5 nitrogen and oxygen atoms in total. The van der Waals surface area contributed by atoms with Gasteiger partial charge >= 0.3 is 0 Å². The lowest BCUT2D eigenvalue weighted by molar-refractivity contribution is 0.853. The number of nitrogens with one attached hydrogen (secondary N) is 1. The number of hydrogen-bond acceptors (Lipinski definition) is 4. The fourth-order valence-corrected chi connectivity index (χ4v) is 1.14. The summed E-state index contributed by atoms with van der Waals surface area (Å²) in [6, 6.07) is 0. The summed E-state index contributed by atoms with van der Waals surface area (Å²) in [4.78, 5) is 8.18. The van der Waals surface area contributed by atoms with Crippen molar-refractivity contribution in [2.75, 3.05) is 12.4 Å². The van der Waals surface area contributed by atoms with Gasteiger partial charge in [-0.3, -0.25) is 0 Å². The lowest BCUT2D eigenvalue weighted by Gasteiger charge is -1.99. The van der Waals surface area contributed by atoms with Crippen molar-refractivity contribution in [3.63, 3.8) is 0 Å². The molecule has 0 bridgehead atoms. The molecule has 0 spiro atoms. The minimum Gasteiger partial charge on any atom is -0.371 e. The maximum Gasteiger partial charge on any atom is 0.155 e. The maximum absolute atomic E-state index is 4.12. The van der Waals surface area contributed by atoms with Crippen molar-refractivity contribution < 1.29 is 0 Å². The van der Waals surface area contributed by atoms with E-state index < -0.39 is 0 Å². The first-order valence-corrected chi connectivity index (χ1v) is 3.66. The van der Waals surface area contributed by atoms with Crippen LogP contribution in [0.3, 0.4) is 0 Å². The average molecular weight is 163 g/mol. The van der Waals surface area contributed by atoms with E-state index in [2.05, 4.69) is 20.4 Å². The van der Waals surface area contributed by atoms with E-state index in [-0.39, 0.29) is 0 Å². The van der Waals surface area contributed by atoms with E-state index in [1.54, 1.807) is 10.7 Å². The second kappa shape index (κ2) is 2.44. The highest BCUT2D eigenvalue weighted by Crippen LogP contribution is 2.11.